The Morgan fingerprint density at radius 2 is 2.04 bits per heavy atom. The minimum absolute atomic E-state index is 0.0372. The van der Waals surface area contributed by atoms with E-state index in [1.54, 1.807) is 7.11 Å². The molecule has 24 heavy (non-hydrogen) atoms. The van der Waals surface area contributed by atoms with Gasteiger partial charge in [-0.15, -0.1) is 0 Å². The molecule has 0 saturated heterocycles. The Bertz CT molecular complexity index is 968. The van der Waals surface area contributed by atoms with Crippen LogP contribution in [0.2, 0.25) is 0 Å². The average molecular weight is 319 g/mol. The normalized spacial score (nSPS) is 17.8. The van der Waals surface area contributed by atoms with Crippen molar-refractivity contribution in [2.24, 2.45) is 0 Å². The summed E-state index contributed by atoms with van der Waals surface area (Å²) in [5.41, 5.74) is 3.00. The Kier molecular flexibility index (Phi) is 3.38. The molecule has 0 N–H and O–H groups in total. The van der Waals surface area contributed by atoms with Crippen LogP contribution in [0.3, 0.4) is 0 Å². The van der Waals surface area contributed by atoms with Crippen molar-refractivity contribution in [3.8, 4) is 5.75 Å². The lowest BCUT2D eigenvalue weighted by Gasteiger charge is -2.16. The lowest BCUT2D eigenvalue weighted by molar-refractivity contribution is -0.112. The summed E-state index contributed by atoms with van der Waals surface area (Å²) in [6, 6.07) is 16.0. The van der Waals surface area contributed by atoms with Crippen LogP contribution in [0.5, 0.6) is 5.75 Å². The van der Waals surface area contributed by atoms with Crippen molar-refractivity contribution >= 4 is 22.4 Å². The van der Waals surface area contributed by atoms with E-state index < -0.39 is 0 Å². The van der Waals surface area contributed by atoms with Gasteiger partial charge in [0.05, 0.1) is 12.6 Å². The monoisotopic (exact) mass is 319 g/mol. The fourth-order valence-corrected chi connectivity index (χ4v) is 3.16. The molecule has 1 aliphatic rings. The van der Waals surface area contributed by atoms with Gasteiger partial charge in [-0.1, -0.05) is 18.2 Å². The summed E-state index contributed by atoms with van der Waals surface area (Å²) in [6.07, 6.45) is 3.23. The number of para-hydroxylation sites is 1. The van der Waals surface area contributed by atoms with Gasteiger partial charge in [-0.3, -0.25) is 4.79 Å². The van der Waals surface area contributed by atoms with Gasteiger partial charge >= 0.3 is 0 Å². The Morgan fingerprint density at radius 1 is 1.21 bits per heavy atom. The number of carbonyl (C=O) groups excluding carboxylic acids is 1. The molecule has 2 aromatic carbocycles. The Hall–Kier alpha value is -3.01. The van der Waals surface area contributed by atoms with E-state index in [1.807, 2.05) is 36.5 Å². The summed E-state index contributed by atoms with van der Waals surface area (Å²) in [4.78, 5) is 11.6. The van der Waals surface area contributed by atoms with E-state index in [0.29, 0.717) is 5.76 Å². The standard InChI is InChI=1S/C20H17NO3/c1-13(22)11-19-16-8-7-15(23-2)12-17(16)20(24-19)21-10-9-14-5-3-4-6-18(14)21/h3-12,20H,1-2H3/b19-11-. The lowest BCUT2D eigenvalue weighted by Crippen LogP contribution is -2.07. The highest BCUT2D eigenvalue weighted by Gasteiger charge is 2.30. The van der Waals surface area contributed by atoms with Crippen molar-refractivity contribution in [3.63, 3.8) is 0 Å². The minimum atomic E-state index is -0.319. The molecule has 1 aromatic heterocycles. The van der Waals surface area contributed by atoms with Gasteiger partial charge < -0.3 is 14.0 Å². The zero-order valence-electron chi connectivity index (χ0n) is 13.5. The number of allylic oxidation sites excluding steroid dienone is 1. The molecule has 120 valence electrons. The van der Waals surface area contributed by atoms with E-state index in [1.165, 1.54) is 13.0 Å². The molecule has 0 fully saturated rings. The second-order valence-electron chi connectivity index (χ2n) is 5.82. The third-order valence-corrected chi connectivity index (χ3v) is 4.25. The number of nitrogens with zero attached hydrogens (tertiary/aromatic N) is 1. The second-order valence-corrected chi connectivity index (χ2v) is 5.82. The van der Waals surface area contributed by atoms with Crippen LogP contribution in [0.25, 0.3) is 16.7 Å². The van der Waals surface area contributed by atoms with Gasteiger partial charge in [0, 0.05) is 23.4 Å². The largest absolute Gasteiger partial charge is 0.497 e. The van der Waals surface area contributed by atoms with Gasteiger partial charge in [-0.2, -0.15) is 0 Å². The van der Waals surface area contributed by atoms with Gasteiger partial charge in [-0.05, 0) is 42.6 Å². The first-order valence-electron chi connectivity index (χ1n) is 7.80. The number of hydrogen-bond donors (Lipinski definition) is 0. The minimum Gasteiger partial charge on any atom is -0.497 e. The zero-order chi connectivity index (χ0) is 16.7. The number of methoxy groups -OCH3 is 1. The van der Waals surface area contributed by atoms with Crippen LogP contribution in [0.15, 0.2) is 60.8 Å². The summed E-state index contributed by atoms with van der Waals surface area (Å²) < 4.78 is 13.6. The molecule has 4 heteroatoms. The van der Waals surface area contributed by atoms with Gasteiger partial charge in [0.25, 0.3) is 0 Å². The molecule has 3 aromatic rings. The molecule has 0 aliphatic carbocycles. The zero-order valence-corrected chi connectivity index (χ0v) is 13.5. The number of fused-ring (bicyclic) bond motifs is 2. The van der Waals surface area contributed by atoms with E-state index in [2.05, 4.69) is 22.8 Å². The topological polar surface area (TPSA) is 40.5 Å². The van der Waals surface area contributed by atoms with E-state index in [9.17, 15) is 4.79 Å². The Labute approximate surface area is 139 Å². The molecular weight excluding hydrogens is 302 g/mol. The van der Waals surface area contributed by atoms with Crippen LogP contribution in [-0.4, -0.2) is 17.5 Å². The van der Waals surface area contributed by atoms with Crippen LogP contribution in [0.1, 0.15) is 24.3 Å². The maximum Gasteiger partial charge on any atom is 0.203 e. The summed E-state index contributed by atoms with van der Waals surface area (Å²) in [5, 5.41) is 1.15. The Morgan fingerprint density at radius 3 is 2.83 bits per heavy atom. The fourth-order valence-electron chi connectivity index (χ4n) is 3.16. The first kappa shape index (κ1) is 14.6. The molecule has 4 rings (SSSR count). The van der Waals surface area contributed by atoms with E-state index in [-0.39, 0.29) is 12.0 Å². The lowest BCUT2D eigenvalue weighted by atomic mass is 10.1. The maximum absolute atomic E-state index is 11.6. The fraction of sp³-hybridized carbons (Fsp3) is 0.150. The average Bonchev–Trinajstić information content (AvgIpc) is 3.15. The molecule has 0 spiro atoms. The SMILES string of the molecule is COc1ccc2c(c1)C(n1ccc3ccccc31)O/C2=C\C(C)=O. The highest BCUT2D eigenvalue weighted by Crippen LogP contribution is 2.42. The first-order chi connectivity index (χ1) is 11.7. The van der Waals surface area contributed by atoms with Crippen LogP contribution in [-0.2, 0) is 9.53 Å². The van der Waals surface area contributed by atoms with Crippen molar-refractivity contribution in [2.75, 3.05) is 7.11 Å². The summed E-state index contributed by atoms with van der Waals surface area (Å²) in [7, 11) is 1.64. The smallest absolute Gasteiger partial charge is 0.203 e. The second kappa shape index (κ2) is 5.57. The predicted molar refractivity (Wildman–Crippen MR) is 92.8 cm³/mol. The maximum atomic E-state index is 11.6. The van der Waals surface area contributed by atoms with E-state index >= 15 is 0 Å². The molecule has 2 heterocycles. The first-order valence-corrected chi connectivity index (χ1v) is 7.80. The van der Waals surface area contributed by atoms with Gasteiger partial charge in [0.1, 0.15) is 11.5 Å². The van der Waals surface area contributed by atoms with Crippen LogP contribution in [0, 0.1) is 0 Å². The third kappa shape index (κ3) is 2.27. The highest BCUT2D eigenvalue weighted by molar-refractivity contribution is 5.94. The van der Waals surface area contributed by atoms with Crippen molar-refractivity contribution in [3.05, 3.63) is 71.9 Å². The summed E-state index contributed by atoms with van der Waals surface area (Å²) in [5.74, 6) is 1.33. The molecule has 0 bridgehead atoms. The van der Waals surface area contributed by atoms with E-state index in [0.717, 1.165) is 27.8 Å². The molecule has 1 aliphatic heterocycles. The Balaban J connectivity index is 1.90. The number of carbonyl (C=O) groups is 1. The molecular formula is C20H17NO3. The van der Waals surface area contributed by atoms with Crippen molar-refractivity contribution in [1.29, 1.82) is 0 Å². The number of rotatable bonds is 3. The van der Waals surface area contributed by atoms with Crippen molar-refractivity contribution in [1.82, 2.24) is 4.57 Å². The summed E-state index contributed by atoms with van der Waals surface area (Å²) >= 11 is 0. The van der Waals surface area contributed by atoms with Crippen LogP contribution < -0.4 is 4.74 Å². The third-order valence-electron chi connectivity index (χ3n) is 4.25. The van der Waals surface area contributed by atoms with Gasteiger partial charge in [0.2, 0.25) is 6.23 Å². The van der Waals surface area contributed by atoms with E-state index in [4.69, 9.17) is 9.47 Å². The number of benzene rings is 2. The molecule has 0 radical (unpaired) electrons. The van der Waals surface area contributed by atoms with Crippen LogP contribution >= 0.6 is 0 Å². The van der Waals surface area contributed by atoms with Crippen molar-refractivity contribution < 1.29 is 14.3 Å². The molecule has 1 atom stereocenters. The number of hydrogen-bond acceptors (Lipinski definition) is 3. The number of aromatic nitrogens is 1. The molecule has 4 nitrogen and oxygen atoms in total. The molecule has 0 amide bonds. The number of ether oxygens (including phenoxy) is 2. The van der Waals surface area contributed by atoms with Gasteiger partial charge in [-0.25, -0.2) is 0 Å². The quantitative estimate of drug-likeness (QED) is 0.681. The van der Waals surface area contributed by atoms with Crippen LogP contribution in [0.4, 0.5) is 0 Å². The summed E-state index contributed by atoms with van der Waals surface area (Å²) in [6.45, 7) is 1.53. The predicted octanol–water partition coefficient (Wildman–Crippen LogP) is 4.16. The molecule has 1 unspecified atom stereocenters. The highest BCUT2D eigenvalue weighted by atomic mass is 16.5. The number of ketones is 1. The molecule has 0 saturated carbocycles. The van der Waals surface area contributed by atoms with Gasteiger partial charge in [0.15, 0.2) is 5.78 Å². The van der Waals surface area contributed by atoms with Crippen molar-refractivity contribution in [2.45, 2.75) is 13.2 Å².